The fourth-order valence-corrected chi connectivity index (χ4v) is 5.82. The Balaban J connectivity index is 1.54. The normalized spacial score (nSPS) is 27.3. The first-order chi connectivity index (χ1) is 10.8. The Bertz CT molecular complexity index is 446. The summed E-state index contributed by atoms with van der Waals surface area (Å²) in [6.45, 7) is 2.86. The Labute approximate surface area is 139 Å². The van der Waals surface area contributed by atoms with Crippen LogP contribution in [0.2, 0.25) is 0 Å². The molecule has 122 valence electrons. The third-order valence-electron chi connectivity index (χ3n) is 5.38. The Morgan fingerprint density at radius 2 is 1.95 bits per heavy atom. The largest absolute Gasteiger partial charge is 0.377 e. The summed E-state index contributed by atoms with van der Waals surface area (Å²) >= 11 is 2.20. The van der Waals surface area contributed by atoms with Gasteiger partial charge in [-0.2, -0.15) is 0 Å². The standard InChI is InChI=1S/C19H29NOS/c1-20-13-15-22-19(20,18-10-6-3-7-11-18)12-14-21-16-17-8-4-2-5-9-17/h2,4-5,8-9,18H,3,6-7,10-16H2,1H3. The molecular weight excluding hydrogens is 290 g/mol. The van der Waals surface area contributed by atoms with Crippen molar-refractivity contribution in [3.8, 4) is 0 Å². The highest BCUT2D eigenvalue weighted by Crippen LogP contribution is 2.48. The predicted octanol–water partition coefficient (Wildman–Crippen LogP) is 4.55. The lowest BCUT2D eigenvalue weighted by Gasteiger charge is -2.44. The third-order valence-corrected chi connectivity index (χ3v) is 7.12. The fourth-order valence-electron chi connectivity index (χ4n) is 4.09. The summed E-state index contributed by atoms with van der Waals surface area (Å²) in [5.41, 5.74) is 1.28. The molecule has 2 nitrogen and oxygen atoms in total. The first-order valence-corrected chi connectivity index (χ1v) is 9.77. The zero-order chi connectivity index (χ0) is 15.3. The summed E-state index contributed by atoms with van der Waals surface area (Å²) in [7, 11) is 2.33. The van der Waals surface area contributed by atoms with Gasteiger partial charge < -0.3 is 4.74 Å². The van der Waals surface area contributed by atoms with Crippen LogP contribution in [0.5, 0.6) is 0 Å². The topological polar surface area (TPSA) is 12.5 Å². The molecule has 1 aromatic carbocycles. The third kappa shape index (κ3) is 3.69. The van der Waals surface area contributed by atoms with Gasteiger partial charge in [-0.3, -0.25) is 4.90 Å². The lowest BCUT2D eigenvalue weighted by atomic mass is 9.81. The molecule has 1 unspecified atom stereocenters. The van der Waals surface area contributed by atoms with Crippen LogP contribution in [-0.4, -0.2) is 35.7 Å². The van der Waals surface area contributed by atoms with E-state index in [1.54, 1.807) is 0 Å². The van der Waals surface area contributed by atoms with Crippen LogP contribution in [0.3, 0.4) is 0 Å². The second kappa shape index (κ2) is 7.85. The Hall–Kier alpha value is -0.510. The van der Waals surface area contributed by atoms with Crippen molar-refractivity contribution in [1.29, 1.82) is 0 Å². The van der Waals surface area contributed by atoms with Gasteiger partial charge in [0, 0.05) is 18.9 Å². The number of hydrogen-bond donors (Lipinski definition) is 0. The molecule has 1 aliphatic heterocycles. The molecule has 0 aromatic heterocycles. The Kier molecular flexibility index (Phi) is 5.83. The number of thioether (sulfide) groups is 1. The maximum atomic E-state index is 6.01. The Morgan fingerprint density at radius 3 is 2.64 bits per heavy atom. The molecule has 0 N–H and O–H groups in total. The summed E-state index contributed by atoms with van der Waals surface area (Å²) in [6, 6.07) is 10.5. The van der Waals surface area contributed by atoms with Crippen molar-refractivity contribution in [2.75, 3.05) is 26.0 Å². The van der Waals surface area contributed by atoms with Crippen molar-refractivity contribution in [2.24, 2.45) is 5.92 Å². The summed E-state index contributed by atoms with van der Waals surface area (Å²) in [5.74, 6) is 2.14. The average molecular weight is 320 g/mol. The van der Waals surface area contributed by atoms with Gasteiger partial charge in [0.1, 0.15) is 0 Å². The van der Waals surface area contributed by atoms with Gasteiger partial charge in [-0.15, -0.1) is 11.8 Å². The van der Waals surface area contributed by atoms with Gasteiger partial charge in [-0.25, -0.2) is 0 Å². The van der Waals surface area contributed by atoms with Crippen LogP contribution in [0.25, 0.3) is 0 Å². The number of nitrogens with zero attached hydrogens (tertiary/aromatic N) is 1. The van der Waals surface area contributed by atoms with Crippen LogP contribution in [0.4, 0.5) is 0 Å². The predicted molar refractivity (Wildman–Crippen MR) is 95.1 cm³/mol. The number of hydrogen-bond acceptors (Lipinski definition) is 3. The molecule has 1 atom stereocenters. The first-order valence-electron chi connectivity index (χ1n) is 8.78. The molecule has 1 saturated carbocycles. The van der Waals surface area contributed by atoms with E-state index in [4.69, 9.17) is 4.74 Å². The van der Waals surface area contributed by atoms with Gasteiger partial charge in [0.15, 0.2) is 0 Å². The average Bonchev–Trinajstić information content (AvgIpc) is 2.95. The van der Waals surface area contributed by atoms with Gasteiger partial charge in [-0.1, -0.05) is 49.6 Å². The smallest absolute Gasteiger partial charge is 0.0718 e. The molecule has 0 spiro atoms. The van der Waals surface area contributed by atoms with Crippen molar-refractivity contribution < 1.29 is 4.74 Å². The lowest BCUT2D eigenvalue weighted by Crippen LogP contribution is -2.47. The van der Waals surface area contributed by atoms with E-state index in [9.17, 15) is 0 Å². The van der Waals surface area contributed by atoms with Gasteiger partial charge >= 0.3 is 0 Å². The van der Waals surface area contributed by atoms with E-state index >= 15 is 0 Å². The van der Waals surface area contributed by atoms with Crippen LogP contribution in [0.1, 0.15) is 44.1 Å². The maximum absolute atomic E-state index is 6.01. The minimum absolute atomic E-state index is 0.344. The highest BCUT2D eigenvalue weighted by atomic mass is 32.2. The van der Waals surface area contributed by atoms with Crippen molar-refractivity contribution in [2.45, 2.75) is 50.0 Å². The van der Waals surface area contributed by atoms with E-state index in [-0.39, 0.29) is 0 Å². The minimum Gasteiger partial charge on any atom is -0.377 e. The molecule has 0 radical (unpaired) electrons. The van der Waals surface area contributed by atoms with Gasteiger partial charge in [-0.05, 0) is 37.8 Å². The lowest BCUT2D eigenvalue weighted by molar-refractivity contribution is 0.0600. The number of rotatable bonds is 6. The maximum Gasteiger partial charge on any atom is 0.0718 e. The van der Waals surface area contributed by atoms with Crippen LogP contribution in [0, 0.1) is 5.92 Å². The van der Waals surface area contributed by atoms with Crippen LogP contribution in [-0.2, 0) is 11.3 Å². The fraction of sp³-hybridized carbons (Fsp3) is 0.684. The van der Waals surface area contributed by atoms with Crippen molar-refractivity contribution in [3.05, 3.63) is 35.9 Å². The zero-order valence-corrected chi connectivity index (χ0v) is 14.6. The van der Waals surface area contributed by atoms with Gasteiger partial charge in [0.25, 0.3) is 0 Å². The number of benzene rings is 1. The molecule has 1 aliphatic carbocycles. The monoisotopic (exact) mass is 319 g/mol. The Morgan fingerprint density at radius 1 is 1.18 bits per heavy atom. The van der Waals surface area contributed by atoms with Crippen LogP contribution < -0.4 is 0 Å². The summed E-state index contributed by atoms with van der Waals surface area (Å²) in [5, 5.41) is 0. The van der Waals surface area contributed by atoms with Crippen LogP contribution >= 0.6 is 11.8 Å². The summed E-state index contributed by atoms with van der Waals surface area (Å²) in [4.78, 5) is 2.97. The molecule has 22 heavy (non-hydrogen) atoms. The van der Waals surface area contributed by atoms with E-state index in [0.717, 1.165) is 19.1 Å². The molecule has 2 aliphatic rings. The van der Waals surface area contributed by atoms with Crippen molar-refractivity contribution in [1.82, 2.24) is 4.90 Å². The summed E-state index contributed by atoms with van der Waals surface area (Å²) in [6.07, 6.45) is 8.28. The molecule has 3 rings (SSSR count). The number of ether oxygens (including phenoxy) is 1. The SMILES string of the molecule is CN1CCSC1(CCOCc1ccccc1)C1CCCCC1. The van der Waals surface area contributed by atoms with Crippen molar-refractivity contribution in [3.63, 3.8) is 0 Å². The molecule has 0 bridgehead atoms. The minimum atomic E-state index is 0.344. The van der Waals surface area contributed by atoms with Gasteiger partial charge in [0.2, 0.25) is 0 Å². The second-order valence-electron chi connectivity index (χ2n) is 6.74. The van der Waals surface area contributed by atoms with E-state index in [1.165, 1.54) is 56.4 Å². The second-order valence-corrected chi connectivity index (χ2v) is 8.14. The summed E-state index contributed by atoms with van der Waals surface area (Å²) < 4.78 is 6.01. The van der Waals surface area contributed by atoms with Gasteiger partial charge in [0.05, 0.1) is 11.5 Å². The molecule has 1 heterocycles. The zero-order valence-electron chi connectivity index (χ0n) is 13.8. The van der Waals surface area contributed by atoms with Crippen LogP contribution in [0.15, 0.2) is 30.3 Å². The van der Waals surface area contributed by atoms with E-state index in [1.807, 2.05) is 0 Å². The highest BCUT2D eigenvalue weighted by molar-refractivity contribution is 8.00. The molecular formula is C19H29NOS. The highest BCUT2D eigenvalue weighted by Gasteiger charge is 2.45. The van der Waals surface area contributed by atoms with E-state index < -0.39 is 0 Å². The van der Waals surface area contributed by atoms with E-state index in [0.29, 0.717) is 4.87 Å². The van der Waals surface area contributed by atoms with E-state index in [2.05, 4.69) is 54.0 Å². The molecule has 1 saturated heterocycles. The molecule has 3 heteroatoms. The first kappa shape index (κ1) is 16.4. The van der Waals surface area contributed by atoms with Crippen molar-refractivity contribution >= 4 is 11.8 Å². The molecule has 2 fully saturated rings. The molecule has 1 aromatic rings. The molecule has 0 amide bonds. The quantitative estimate of drug-likeness (QED) is 0.714.